The summed E-state index contributed by atoms with van der Waals surface area (Å²) in [6.07, 6.45) is 3.18. The average molecular weight is 382 g/mol. The van der Waals surface area contributed by atoms with Crippen molar-refractivity contribution in [2.75, 3.05) is 7.11 Å². The molecule has 2 aromatic rings. The van der Waals surface area contributed by atoms with Gasteiger partial charge in [-0.25, -0.2) is 14.2 Å². The predicted octanol–water partition coefficient (Wildman–Crippen LogP) is 4.28. The number of phenolic OH excluding ortho intramolecular Hbond substituents is 1. The van der Waals surface area contributed by atoms with Crippen molar-refractivity contribution in [1.82, 2.24) is 5.01 Å². The Bertz CT molecular complexity index is 1020. The van der Waals surface area contributed by atoms with Crippen LogP contribution in [0.5, 0.6) is 5.75 Å². The summed E-state index contributed by atoms with van der Waals surface area (Å²) in [5.41, 5.74) is 2.04. The van der Waals surface area contributed by atoms with E-state index in [0.717, 1.165) is 6.07 Å². The third-order valence-electron chi connectivity index (χ3n) is 4.34. The SMILES string of the molecule is C/C=N\N1C(C(=O)OC)=C(O)c2cc(F)cc(-c3ccc(O)cc3)c2/C1=C\C. The molecule has 6 nitrogen and oxygen atoms in total. The van der Waals surface area contributed by atoms with Crippen molar-refractivity contribution in [3.63, 3.8) is 0 Å². The van der Waals surface area contributed by atoms with E-state index in [4.69, 9.17) is 4.74 Å². The molecular weight excluding hydrogens is 363 g/mol. The van der Waals surface area contributed by atoms with E-state index in [1.165, 1.54) is 36.5 Å². The molecule has 1 aliphatic heterocycles. The number of aromatic hydroxyl groups is 1. The molecule has 0 amide bonds. The van der Waals surface area contributed by atoms with Crippen molar-refractivity contribution < 1.29 is 24.1 Å². The van der Waals surface area contributed by atoms with Crippen LogP contribution in [-0.2, 0) is 9.53 Å². The van der Waals surface area contributed by atoms with E-state index < -0.39 is 17.5 Å². The summed E-state index contributed by atoms with van der Waals surface area (Å²) < 4.78 is 19.2. The molecule has 0 unspecified atom stereocenters. The number of nitrogens with zero attached hydrogens (tertiary/aromatic N) is 2. The number of rotatable bonds is 3. The monoisotopic (exact) mass is 382 g/mol. The van der Waals surface area contributed by atoms with Crippen LogP contribution in [0.25, 0.3) is 22.6 Å². The third-order valence-corrected chi connectivity index (χ3v) is 4.34. The number of hydrazone groups is 1. The number of esters is 1. The largest absolute Gasteiger partial charge is 0.508 e. The highest BCUT2D eigenvalue weighted by Gasteiger charge is 2.35. The predicted molar refractivity (Wildman–Crippen MR) is 105 cm³/mol. The van der Waals surface area contributed by atoms with Gasteiger partial charge in [0.25, 0.3) is 0 Å². The number of hydrogen-bond donors (Lipinski definition) is 2. The highest BCUT2D eigenvalue weighted by Crippen LogP contribution is 2.43. The van der Waals surface area contributed by atoms with Gasteiger partial charge in [0.2, 0.25) is 0 Å². The lowest BCUT2D eigenvalue weighted by Gasteiger charge is -2.31. The number of aliphatic hydroxyl groups excluding tert-OH is 1. The van der Waals surface area contributed by atoms with E-state index in [0.29, 0.717) is 22.4 Å². The van der Waals surface area contributed by atoms with E-state index >= 15 is 0 Å². The Hall–Kier alpha value is -3.61. The van der Waals surface area contributed by atoms with Gasteiger partial charge in [0, 0.05) is 17.3 Å². The van der Waals surface area contributed by atoms with Gasteiger partial charge in [-0.2, -0.15) is 5.10 Å². The van der Waals surface area contributed by atoms with E-state index in [2.05, 4.69) is 5.10 Å². The lowest BCUT2D eigenvalue weighted by Crippen LogP contribution is -2.28. The van der Waals surface area contributed by atoms with E-state index in [1.807, 2.05) is 0 Å². The topological polar surface area (TPSA) is 82.4 Å². The van der Waals surface area contributed by atoms with Crippen molar-refractivity contribution in [2.24, 2.45) is 5.10 Å². The fourth-order valence-electron chi connectivity index (χ4n) is 3.17. The van der Waals surface area contributed by atoms with Gasteiger partial charge in [-0.1, -0.05) is 18.2 Å². The van der Waals surface area contributed by atoms with Gasteiger partial charge >= 0.3 is 5.97 Å². The van der Waals surface area contributed by atoms with Crippen molar-refractivity contribution in [1.29, 1.82) is 0 Å². The number of phenols is 1. The van der Waals surface area contributed by atoms with Crippen LogP contribution in [-0.4, -0.2) is 34.5 Å². The molecule has 7 heteroatoms. The first-order chi connectivity index (χ1) is 13.4. The molecule has 1 aliphatic rings. The molecule has 2 N–H and O–H groups in total. The van der Waals surface area contributed by atoms with Crippen LogP contribution in [0.15, 0.2) is 53.3 Å². The zero-order valence-corrected chi connectivity index (χ0v) is 15.6. The Morgan fingerprint density at radius 2 is 1.79 bits per heavy atom. The maximum atomic E-state index is 14.4. The number of carbonyl (C=O) groups is 1. The molecule has 0 bridgehead atoms. The molecule has 0 fully saturated rings. The highest BCUT2D eigenvalue weighted by atomic mass is 19.1. The molecule has 28 heavy (non-hydrogen) atoms. The standard InChI is InChI=1S/C21H19FN2O4/c1-4-17-18-15(12-6-8-14(25)9-7-12)10-13(22)11-16(18)20(26)19(21(27)28-3)24(17)23-5-2/h4-11,25-26H,1-3H3/b17-4+,23-5-. The van der Waals surface area contributed by atoms with Crippen LogP contribution >= 0.6 is 0 Å². The summed E-state index contributed by atoms with van der Waals surface area (Å²) in [7, 11) is 1.19. The summed E-state index contributed by atoms with van der Waals surface area (Å²) in [5, 5.41) is 25.8. The van der Waals surface area contributed by atoms with Gasteiger partial charge in [-0.15, -0.1) is 0 Å². The smallest absolute Gasteiger partial charge is 0.360 e. The van der Waals surface area contributed by atoms with Crippen molar-refractivity contribution in [3.8, 4) is 16.9 Å². The summed E-state index contributed by atoms with van der Waals surface area (Å²) in [5.74, 6) is -1.74. The van der Waals surface area contributed by atoms with Gasteiger partial charge in [0.1, 0.15) is 11.6 Å². The van der Waals surface area contributed by atoms with Crippen molar-refractivity contribution >= 4 is 23.6 Å². The summed E-state index contributed by atoms with van der Waals surface area (Å²) >= 11 is 0. The van der Waals surface area contributed by atoms with Crippen molar-refractivity contribution in [3.05, 3.63) is 65.1 Å². The Balaban J connectivity index is 2.40. The second-order valence-electron chi connectivity index (χ2n) is 5.97. The number of fused-ring (bicyclic) bond motifs is 1. The van der Waals surface area contributed by atoms with E-state index in [1.54, 1.807) is 32.1 Å². The third kappa shape index (κ3) is 3.11. The molecule has 0 saturated carbocycles. The first-order valence-corrected chi connectivity index (χ1v) is 8.53. The molecule has 0 aliphatic carbocycles. The number of ether oxygens (including phenoxy) is 1. The second-order valence-corrected chi connectivity index (χ2v) is 5.97. The second kappa shape index (κ2) is 7.56. The van der Waals surface area contributed by atoms with E-state index in [-0.39, 0.29) is 17.0 Å². The number of methoxy groups -OCH3 is 1. The first-order valence-electron chi connectivity index (χ1n) is 8.53. The number of carbonyl (C=O) groups excluding carboxylic acids is 1. The minimum atomic E-state index is -0.802. The van der Waals surface area contributed by atoms with E-state index in [9.17, 15) is 19.4 Å². The zero-order chi connectivity index (χ0) is 20.4. The summed E-state index contributed by atoms with van der Waals surface area (Å²) in [4.78, 5) is 12.3. The maximum absolute atomic E-state index is 14.4. The van der Waals surface area contributed by atoms with Crippen LogP contribution in [0.4, 0.5) is 4.39 Å². The molecule has 0 aromatic heterocycles. The number of aliphatic hydroxyl groups is 1. The Kier molecular flexibility index (Phi) is 5.17. The van der Waals surface area contributed by atoms with Gasteiger partial charge in [0.05, 0.1) is 12.8 Å². The minimum absolute atomic E-state index is 0.0770. The molecule has 144 valence electrons. The molecule has 2 aromatic carbocycles. The number of hydrogen-bond acceptors (Lipinski definition) is 6. The molecule has 3 rings (SSSR count). The Morgan fingerprint density at radius 1 is 1.14 bits per heavy atom. The lowest BCUT2D eigenvalue weighted by molar-refractivity contribution is -0.137. The summed E-state index contributed by atoms with van der Waals surface area (Å²) in [6.45, 7) is 3.42. The zero-order valence-electron chi connectivity index (χ0n) is 15.6. The number of allylic oxidation sites excluding steroid dienone is 1. The quantitative estimate of drug-likeness (QED) is 0.612. The Labute approximate surface area is 161 Å². The highest BCUT2D eigenvalue weighted by molar-refractivity contribution is 6.03. The van der Waals surface area contributed by atoms with Crippen LogP contribution in [0.2, 0.25) is 0 Å². The molecule has 1 heterocycles. The van der Waals surface area contributed by atoms with Gasteiger partial charge in [0.15, 0.2) is 11.5 Å². The van der Waals surface area contributed by atoms with Crippen LogP contribution in [0.3, 0.4) is 0 Å². The van der Waals surface area contributed by atoms with Crippen molar-refractivity contribution in [2.45, 2.75) is 13.8 Å². The minimum Gasteiger partial charge on any atom is -0.508 e. The van der Waals surface area contributed by atoms with Gasteiger partial charge < -0.3 is 14.9 Å². The molecule has 0 saturated heterocycles. The van der Waals surface area contributed by atoms with Gasteiger partial charge in [-0.3, -0.25) is 0 Å². The molecule has 0 atom stereocenters. The number of benzene rings is 2. The van der Waals surface area contributed by atoms with Gasteiger partial charge in [-0.05, 0) is 49.2 Å². The Morgan fingerprint density at radius 3 is 2.36 bits per heavy atom. The normalized spacial score (nSPS) is 15.3. The fourth-order valence-corrected chi connectivity index (χ4v) is 3.17. The van der Waals surface area contributed by atoms with Crippen LogP contribution in [0.1, 0.15) is 25.0 Å². The number of halogens is 1. The van der Waals surface area contributed by atoms with Crippen LogP contribution < -0.4 is 0 Å². The first kappa shape index (κ1) is 19.2. The maximum Gasteiger partial charge on any atom is 0.360 e. The average Bonchev–Trinajstić information content (AvgIpc) is 2.69. The molecule has 0 radical (unpaired) electrons. The fraction of sp³-hybridized carbons (Fsp3) is 0.143. The van der Waals surface area contributed by atoms with Crippen LogP contribution in [0, 0.1) is 5.82 Å². The molecule has 0 spiro atoms. The lowest BCUT2D eigenvalue weighted by atomic mass is 9.89. The molecular formula is C21H19FN2O4. The summed E-state index contributed by atoms with van der Waals surface area (Å²) in [6, 6.07) is 8.75.